The number of carbonyl (C=O) groups is 1. The monoisotopic (exact) mass is 116 g/mol. The van der Waals surface area contributed by atoms with Crippen LogP contribution in [-0.4, -0.2) is 28.6 Å². The summed E-state index contributed by atoms with van der Waals surface area (Å²) in [5, 5.41) is 20.1. The van der Waals surface area contributed by atoms with Crippen LogP contribution in [0.15, 0.2) is 10.3 Å². The van der Waals surface area contributed by atoms with E-state index in [0.29, 0.717) is 12.4 Å². The Kier molecular flexibility index (Phi) is 3.13. The lowest BCUT2D eigenvalue weighted by Gasteiger charge is -1.72. The van der Waals surface area contributed by atoms with Gasteiger partial charge in [-0.1, -0.05) is 10.3 Å². The van der Waals surface area contributed by atoms with Gasteiger partial charge < -0.3 is 10.4 Å². The third kappa shape index (κ3) is 2.83. The van der Waals surface area contributed by atoms with Gasteiger partial charge in [0.15, 0.2) is 0 Å². The van der Waals surface area contributed by atoms with Crippen molar-refractivity contribution in [2.24, 2.45) is 10.3 Å². The van der Waals surface area contributed by atoms with E-state index in [1.54, 1.807) is 0 Å². The van der Waals surface area contributed by atoms with Crippen LogP contribution in [0.3, 0.4) is 0 Å². The molecule has 0 spiro atoms. The number of carbonyl (C=O) groups excluding carboxylic acids is 1. The van der Waals surface area contributed by atoms with E-state index in [9.17, 15) is 4.79 Å². The summed E-state index contributed by atoms with van der Waals surface area (Å²) in [6, 6.07) is 0. The molecule has 0 saturated heterocycles. The van der Waals surface area contributed by atoms with Crippen molar-refractivity contribution in [2.45, 2.75) is 0 Å². The van der Waals surface area contributed by atoms with E-state index in [-0.39, 0.29) is 0 Å². The maximum atomic E-state index is 10.0. The molecular formula is C3H4N2O3. The number of hydrogen-bond acceptors (Lipinski definition) is 5. The van der Waals surface area contributed by atoms with Gasteiger partial charge in [0.25, 0.3) is 0 Å². The number of Topliss-reactive ketones (excluding diaryl/α,β-unsaturated/α-hetero) is 1. The van der Waals surface area contributed by atoms with Gasteiger partial charge in [0.2, 0.25) is 5.78 Å². The summed E-state index contributed by atoms with van der Waals surface area (Å²) in [5.74, 6) is -0.671. The van der Waals surface area contributed by atoms with Crippen LogP contribution in [-0.2, 0) is 4.79 Å². The van der Waals surface area contributed by atoms with Gasteiger partial charge in [-0.25, -0.2) is 0 Å². The standard InChI is InChI=1S/C3H4N2O3/c6-3(1-4-7)2-5-8/h1-2,7-8H/b4-1+,5-2+. The minimum Gasteiger partial charge on any atom is -0.411 e. The number of rotatable bonds is 2. The fraction of sp³-hybridized carbons (Fsp3) is 0. The number of oxime groups is 2. The third-order valence-electron chi connectivity index (χ3n) is 0.370. The molecule has 0 aromatic rings. The van der Waals surface area contributed by atoms with Crippen molar-refractivity contribution in [3.63, 3.8) is 0 Å². The Hall–Kier alpha value is -1.39. The van der Waals surface area contributed by atoms with Crippen LogP contribution >= 0.6 is 0 Å². The molecule has 5 nitrogen and oxygen atoms in total. The van der Waals surface area contributed by atoms with Gasteiger partial charge in [0.05, 0.1) is 0 Å². The van der Waals surface area contributed by atoms with E-state index < -0.39 is 5.78 Å². The summed E-state index contributed by atoms with van der Waals surface area (Å²) in [6.07, 6.45) is 1.22. The lowest BCUT2D eigenvalue weighted by Crippen LogP contribution is -1.99. The molecule has 8 heavy (non-hydrogen) atoms. The molecule has 0 aliphatic rings. The molecule has 0 aliphatic carbocycles. The molecule has 0 aliphatic heterocycles. The Balaban J connectivity index is 3.66. The molecule has 5 heteroatoms. The largest absolute Gasteiger partial charge is 0.411 e. The van der Waals surface area contributed by atoms with E-state index in [1.165, 1.54) is 0 Å². The lowest BCUT2D eigenvalue weighted by molar-refractivity contribution is -0.106. The van der Waals surface area contributed by atoms with Crippen LogP contribution in [0.1, 0.15) is 0 Å². The van der Waals surface area contributed by atoms with Crippen LogP contribution in [0, 0.1) is 0 Å². The minimum absolute atomic E-state index is 0.611. The zero-order chi connectivity index (χ0) is 6.41. The Morgan fingerprint density at radius 1 is 1.25 bits per heavy atom. The van der Waals surface area contributed by atoms with Crippen molar-refractivity contribution in [3.8, 4) is 0 Å². The van der Waals surface area contributed by atoms with Crippen molar-refractivity contribution < 1.29 is 15.2 Å². The van der Waals surface area contributed by atoms with Gasteiger partial charge >= 0.3 is 0 Å². The summed E-state index contributed by atoms with van der Waals surface area (Å²) in [5.41, 5.74) is 0. The highest BCUT2D eigenvalue weighted by atomic mass is 16.4. The summed E-state index contributed by atoms with van der Waals surface area (Å²) in [7, 11) is 0. The highest BCUT2D eigenvalue weighted by Gasteiger charge is 1.87. The molecule has 0 radical (unpaired) electrons. The predicted molar refractivity (Wildman–Crippen MR) is 25.6 cm³/mol. The highest BCUT2D eigenvalue weighted by Crippen LogP contribution is 1.58. The summed E-state index contributed by atoms with van der Waals surface area (Å²) in [4.78, 5) is 10.0. The molecule has 0 bridgehead atoms. The summed E-state index contributed by atoms with van der Waals surface area (Å²) in [6.45, 7) is 0. The van der Waals surface area contributed by atoms with Gasteiger partial charge in [0, 0.05) is 0 Å². The Bertz CT molecular complexity index is 114. The fourth-order valence-corrected chi connectivity index (χ4v) is 0.147. The molecule has 0 rings (SSSR count). The zero-order valence-corrected chi connectivity index (χ0v) is 3.85. The van der Waals surface area contributed by atoms with Crippen LogP contribution in [0.5, 0.6) is 0 Å². The van der Waals surface area contributed by atoms with Crippen LogP contribution < -0.4 is 0 Å². The molecule has 0 atom stereocenters. The first kappa shape index (κ1) is 6.61. The topological polar surface area (TPSA) is 82.2 Å². The van der Waals surface area contributed by atoms with E-state index in [1.807, 2.05) is 0 Å². The second-order valence-corrected chi connectivity index (χ2v) is 0.892. The molecule has 0 fully saturated rings. The smallest absolute Gasteiger partial charge is 0.221 e. The van der Waals surface area contributed by atoms with Crippen LogP contribution in [0.2, 0.25) is 0 Å². The van der Waals surface area contributed by atoms with Gasteiger partial charge in [-0.2, -0.15) is 0 Å². The molecule has 0 aromatic carbocycles. The summed E-state index contributed by atoms with van der Waals surface area (Å²) < 4.78 is 0. The van der Waals surface area contributed by atoms with Crippen molar-refractivity contribution in [2.75, 3.05) is 0 Å². The van der Waals surface area contributed by atoms with Gasteiger partial charge in [0.1, 0.15) is 12.4 Å². The van der Waals surface area contributed by atoms with Crippen molar-refractivity contribution >= 4 is 18.2 Å². The number of nitrogens with zero attached hydrogens (tertiary/aromatic N) is 2. The lowest BCUT2D eigenvalue weighted by atomic mass is 10.5. The van der Waals surface area contributed by atoms with Crippen molar-refractivity contribution in [3.05, 3.63) is 0 Å². The highest BCUT2D eigenvalue weighted by molar-refractivity contribution is 6.52. The maximum absolute atomic E-state index is 10.0. The molecule has 0 saturated carbocycles. The van der Waals surface area contributed by atoms with Gasteiger partial charge in [-0.3, -0.25) is 4.79 Å². The summed E-state index contributed by atoms with van der Waals surface area (Å²) >= 11 is 0. The Morgan fingerprint density at radius 2 is 1.62 bits per heavy atom. The van der Waals surface area contributed by atoms with Gasteiger partial charge in [-0.05, 0) is 0 Å². The maximum Gasteiger partial charge on any atom is 0.221 e. The van der Waals surface area contributed by atoms with Crippen LogP contribution in [0.4, 0.5) is 0 Å². The van der Waals surface area contributed by atoms with E-state index >= 15 is 0 Å². The normalized spacial score (nSPS) is 11.0. The first-order valence-corrected chi connectivity index (χ1v) is 1.70. The van der Waals surface area contributed by atoms with E-state index in [2.05, 4.69) is 10.3 Å². The molecule has 0 unspecified atom stereocenters. The zero-order valence-electron chi connectivity index (χ0n) is 3.85. The minimum atomic E-state index is -0.671. The first-order valence-electron chi connectivity index (χ1n) is 1.70. The SMILES string of the molecule is O=C(/C=N/O)/C=N/O. The quantitative estimate of drug-likeness (QED) is 0.289. The average molecular weight is 116 g/mol. The molecular weight excluding hydrogens is 112 g/mol. The van der Waals surface area contributed by atoms with Crippen LogP contribution in [0.25, 0.3) is 0 Å². The van der Waals surface area contributed by atoms with Crippen molar-refractivity contribution in [1.82, 2.24) is 0 Å². The molecule has 0 aromatic heterocycles. The van der Waals surface area contributed by atoms with Gasteiger partial charge in [-0.15, -0.1) is 0 Å². The van der Waals surface area contributed by atoms with E-state index in [0.717, 1.165) is 0 Å². The number of hydrogen-bond donors (Lipinski definition) is 2. The fourth-order valence-electron chi connectivity index (χ4n) is 0.147. The molecule has 0 heterocycles. The average Bonchev–Trinajstić information content (AvgIpc) is 1.68. The van der Waals surface area contributed by atoms with Crippen molar-refractivity contribution in [1.29, 1.82) is 0 Å². The molecule has 2 N–H and O–H groups in total. The molecule has 44 valence electrons. The second-order valence-electron chi connectivity index (χ2n) is 0.892. The predicted octanol–water partition coefficient (Wildman–Crippen LogP) is -0.525. The van der Waals surface area contributed by atoms with E-state index in [4.69, 9.17) is 10.4 Å². The second kappa shape index (κ2) is 3.79. The third-order valence-corrected chi connectivity index (χ3v) is 0.370. The Labute approximate surface area is 44.9 Å². The number of ketones is 1. The Morgan fingerprint density at radius 3 is 1.88 bits per heavy atom. The first-order chi connectivity index (χ1) is 3.81. The molecule has 0 amide bonds.